The Bertz CT molecular complexity index is 720. The minimum atomic E-state index is -4.39. The molecule has 2 aromatic rings. The van der Waals surface area contributed by atoms with Gasteiger partial charge in [-0.2, -0.15) is 24.9 Å². The number of thioether (sulfide) groups is 1. The second-order valence-corrected chi connectivity index (χ2v) is 6.47. The van der Waals surface area contributed by atoms with Crippen molar-refractivity contribution in [3.63, 3.8) is 0 Å². The SMILES string of the molecule is CSCc1cccc(C(=O)NCCCNc2ccc(C(F)(F)F)cn2)c1. The molecule has 8 heteroatoms. The number of hydrogen-bond donors (Lipinski definition) is 2. The summed E-state index contributed by atoms with van der Waals surface area (Å²) >= 11 is 1.69. The summed E-state index contributed by atoms with van der Waals surface area (Å²) in [6, 6.07) is 9.75. The van der Waals surface area contributed by atoms with Gasteiger partial charge in [0, 0.05) is 30.6 Å². The van der Waals surface area contributed by atoms with Crippen molar-refractivity contribution in [2.24, 2.45) is 0 Å². The molecule has 1 heterocycles. The molecule has 1 amide bonds. The second kappa shape index (κ2) is 9.47. The molecular formula is C18H20F3N3OS. The van der Waals surface area contributed by atoms with Gasteiger partial charge in [-0.1, -0.05) is 12.1 Å². The molecule has 0 unspecified atom stereocenters. The van der Waals surface area contributed by atoms with Gasteiger partial charge in [-0.3, -0.25) is 4.79 Å². The first-order chi connectivity index (χ1) is 12.4. The van der Waals surface area contributed by atoms with Gasteiger partial charge in [-0.05, 0) is 42.5 Å². The first kappa shape index (κ1) is 20.1. The van der Waals surface area contributed by atoms with Crippen molar-refractivity contribution < 1.29 is 18.0 Å². The number of alkyl halides is 3. The standard InChI is InChI=1S/C18H20F3N3OS/c1-26-12-13-4-2-5-14(10-13)17(25)23-9-3-8-22-16-7-6-15(11-24-16)18(19,20)21/h2,4-7,10-11H,3,8-9,12H2,1H3,(H,22,24)(H,23,25). The average Bonchev–Trinajstić information content (AvgIpc) is 2.61. The summed E-state index contributed by atoms with van der Waals surface area (Å²) in [5.41, 5.74) is 0.938. The molecule has 26 heavy (non-hydrogen) atoms. The Labute approximate surface area is 154 Å². The monoisotopic (exact) mass is 383 g/mol. The van der Waals surface area contributed by atoms with Crippen molar-refractivity contribution in [1.82, 2.24) is 10.3 Å². The highest BCUT2D eigenvalue weighted by Gasteiger charge is 2.30. The van der Waals surface area contributed by atoms with E-state index >= 15 is 0 Å². The van der Waals surface area contributed by atoms with Gasteiger partial charge in [-0.15, -0.1) is 0 Å². The Morgan fingerprint density at radius 3 is 2.65 bits per heavy atom. The molecule has 1 aromatic heterocycles. The van der Waals surface area contributed by atoms with E-state index < -0.39 is 11.7 Å². The highest BCUT2D eigenvalue weighted by Crippen LogP contribution is 2.28. The van der Waals surface area contributed by atoms with Crippen LogP contribution in [0.5, 0.6) is 0 Å². The van der Waals surface area contributed by atoms with Crippen molar-refractivity contribution in [3.8, 4) is 0 Å². The van der Waals surface area contributed by atoms with Gasteiger partial charge >= 0.3 is 6.18 Å². The number of pyridine rings is 1. The lowest BCUT2D eigenvalue weighted by Gasteiger charge is -2.09. The summed E-state index contributed by atoms with van der Waals surface area (Å²) in [5, 5.41) is 5.76. The number of hydrogen-bond acceptors (Lipinski definition) is 4. The number of aromatic nitrogens is 1. The van der Waals surface area contributed by atoms with E-state index in [9.17, 15) is 18.0 Å². The summed E-state index contributed by atoms with van der Waals surface area (Å²) in [6.07, 6.45) is -0.959. The van der Waals surface area contributed by atoms with Crippen molar-refractivity contribution in [1.29, 1.82) is 0 Å². The largest absolute Gasteiger partial charge is 0.417 e. The minimum absolute atomic E-state index is 0.138. The number of nitrogens with zero attached hydrogens (tertiary/aromatic N) is 1. The van der Waals surface area contributed by atoms with Crippen LogP contribution >= 0.6 is 11.8 Å². The fourth-order valence-corrected chi connectivity index (χ4v) is 2.76. The van der Waals surface area contributed by atoms with E-state index in [4.69, 9.17) is 0 Å². The third kappa shape index (κ3) is 6.25. The summed E-state index contributed by atoms with van der Waals surface area (Å²) in [4.78, 5) is 15.8. The number of benzene rings is 1. The molecule has 0 fully saturated rings. The zero-order chi connectivity index (χ0) is 19.0. The maximum Gasteiger partial charge on any atom is 0.417 e. The molecule has 140 valence electrons. The minimum Gasteiger partial charge on any atom is -0.370 e. The normalized spacial score (nSPS) is 11.2. The highest BCUT2D eigenvalue weighted by molar-refractivity contribution is 7.97. The molecular weight excluding hydrogens is 363 g/mol. The lowest BCUT2D eigenvalue weighted by atomic mass is 10.1. The summed E-state index contributed by atoms with van der Waals surface area (Å²) in [6.45, 7) is 0.949. The molecule has 0 radical (unpaired) electrons. The van der Waals surface area contributed by atoms with Gasteiger partial charge in [0.05, 0.1) is 5.56 Å². The Hall–Kier alpha value is -2.22. The van der Waals surface area contributed by atoms with Crippen molar-refractivity contribution in [3.05, 3.63) is 59.3 Å². The zero-order valence-corrected chi connectivity index (χ0v) is 15.1. The predicted molar refractivity (Wildman–Crippen MR) is 98.3 cm³/mol. The highest BCUT2D eigenvalue weighted by atomic mass is 32.2. The van der Waals surface area contributed by atoms with Gasteiger partial charge in [0.1, 0.15) is 5.82 Å². The van der Waals surface area contributed by atoms with E-state index in [2.05, 4.69) is 15.6 Å². The van der Waals surface area contributed by atoms with Crippen LogP contribution in [0.2, 0.25) is 0 Å². The summed E-state index contributed by atoms with van der Waals surface area (Å²) < 4.78 is 37.4. The van der Waals surface area contributed by atoms with Crippen molar-refractivity contribution in [2.45, 2.75) is 18.3 Å². The molecule has 0 aliphatic rings. The lowest BCUT2D eigenvalue weighted by Crippen LogP contribution is -2.26. The number of carbonyl (C=O) groups is 1. The van der Waals surface area contributed by atoms with Gasteiger partial charge in [0.15, 0.2) is 0 Å². The second-order valence-electron chi connectivity index (χ2n) is 5.60. The molecule has 4 nitrogen and oxygen atoms in total. The van der Waals surface area contributed by atoms with Crippen molar-refractivity contribution in [2.75, 3.05) is 24.7 Å². The van der Waals surface area contributed by atoms with Crippen LogP contribution in [0.4, 0.5) is 19.0 Å². The molecule has 0 saturated heterocycles. The molecule has 0 bridgehead atoms. The number of carbonyl (C=O) groups excluding carboxylic acids is 1. The molecule has 0 aliphatic heterocycles. The molecule has 1 aromatic carbocycles. The number of anilines is 1. The molecule has 0 aliphatic carbocycles. The van der Waals surface area contributed by atoms with Crippen LogP contribution in [0.3, 0.4) is 0 Å². The first-order valence-corrected chi connectivity index (χ1v) is 9.43. The number of nitrogens with one attached hydrogen (secondary N) is 2. The number of halogens is 3. The van der Waals surface area contributed by atoms with Crippen molar-refractivity contribution >= 4 is 23.5 Å². The topological polar surface area (TPSA) is 54.0 Å². The van der Waals surface area contributed by atoms with E-state index in [1.807, 2.05) is 24.5 Å². The molecule has 0 saturated carbocycles. The summed E-state index contributed by atoms with van der Waals surface area (Å²) in [7, 11) is 0. The van der Waals surface area contributed by atoms with Crippen LogP contribution in [-0.2, 0) is 11.9 Å². The maximum absolute atomic E-state index is 12.5. The van der Waals surface area contributed by atoms with E-state index in [0.717, 1.165) is 23.6 Å². The van der Waals surface area contributed by atoms with Gasteiger partial charge < -0.3 is 10.6 Å². The molecule has 0 atom stereocenters. The Kier molecular flexibility index (Phi) is 7.32. The van der Waals surface area contributed by atoms with Crippen LogP contribution in [0.25, 0.3) is 0 Å². The van der Waals surface area contributed by atoms with Crippen LogP contribution in [0, 0.1) is 0 Å². The Balaban J connectivity index is 1.72. The van der Waals surface area contributed by atoms with Gasteiger partial charge in [0.2, 0.25) is 0 Å². The maximum atomic E-state index is 12.5. The van der Waals surface area contributed by atoms with E-state index in [-0.39, 0.29) is 5.91 Å². The van der Waals surface area contributed by atoms with Crippen LogP contribution in [0.15, 0.2) is 42.6 Å². The van der Waals surface area contributed by atoms with E-state index in [1.165, 1.54) is 6.07 Å². The van der Waals surface area contributed by atoms with E-state index in [0.29, 0.717) is 30.9 Å². The number of rotatable bonds is 8. The zero-order valence-electron chi connectivity index (χ0n) is 14.3. The smallest absolute Gasteiger partial charge is 0.370 e. The molecule has 2 N–H and O–H groups in total. The fourth-order valence-electron chi connectivity index (χ4n) is 2.24. The van der Waals surface area contributed by atoms with Crippen LogP contribution in [0.1, 0.15) is 27.9 Å². The Morgan fingerprint density at radius 1 is 1.19 bits per heavy atom. The number of amides is 1. The predicted octanol–water partition coefficient (Wildman–Crippen LogP) is 4.20. The van der Waals surface area contributed by atoms with E-state index in [1.54, 1.807) is 17.8 Å². The molecule has 0 spiro atoms. The van der Waals surface area contributed by atoms with Gasteiger partial charge in [0.25, 0.3) is 5.91 Å². The summed E-state index contributed by atoms with van der Waals surface area (Å²) in [5.74, 6) is 1.08. The molecule has 2 rings (SSSR count). The third-order valence-corrected chi connectivity index (χ3v) is 4.16. The third-order valence-electron chi connectivity index (χ3n) is 3.54. The fraction of sp³-hybridized carbons (Fsp3) is 0.333. The Morgan fingerprint density at radius 2 is 2.00 bits per heavy atom. The average molecular weight is 383 g/mol. The quantitative estimate of drug-likeness (QED) is 0.671. The van der Waals surface area contributed by atoms with Crippen LogP contribution in [-0.4, -0.2) is 30.2 Å². The van der Waals surface area contributed by atoms with Crippen LogP contribution < -0.4 is 10.6 Å². The van der Waals surface area contributed by atoms with Gasteiger partial charge in [-0.25, -0.2) is 4.98 Å². The lowest BCUT2D eigenvalue weighted by molar-refractivity contribution is -0.137. The first-order valence-electron chi connectivity index (χ1n) is 8.03.